The van der Waals surface area contributed by atoms with Crippen LogP contribution in [-0.2, 0) is 17.7 Å². The van der Waals surface area contributed by atoms with E-state index in [1.807, 2.05) is 30.5 Å². The van der Waals surface area contributed by atoms with E-state index in [0.29, 0.717) is 29.1 Å². The molecule has 0 spiro atoms. The topological polar surface area (TPSA) is 53.4 Å². The van der Waals surface area contributed by atoms with E-state index in [-0.39, 0.29) is 12.1 Å². The second-order valence-corrected chi connectivity index (χ2v) is 6.79. The SMILES string of the molecule is COCCc1nc2scc(-c3ccc(OC)c(C)c3)c2c(=O)n1CCF. The summed E-state index contributed by atoms with van der Waals surface area (Å²) in [6, 6.07) is 5.79. The van der Waals surface area contributed by atoms with Gasteiger partial charge in [0.1, 0.15) is 23.1 Å². The van der Waals surface area contributed by atoms with E-state index in [2.05, 4.69) is 4.98 Å². The summed E-state index contributed by atoms with van der Waals surface area (Å²) in [7, 11) is 3.22. The summed E-state index contributed by atoms with van der Waals surface area (Å²) in [4.78, 5) is 18.3. The average molecular weight is 376 g/mol. The van der Waals surface area contributed by atoms with Gasteiger partial charge in [-0.2, -0.15) is 0 Å². The van der Waals surface area contributed by atoms with Crippen LogP contribution in [0.3, 0.4) is 0 Å². The fourth-order valence-electron chi connectivity index (χ4n) is 3.02. The molecule has 3 rings (SSSR count). The van der Waals surface area contributed by atoms with E-state index in [1.165, 1.54) is 15.9 Å². The Hall–Kier alpha value is -2.25. The lowest BCUT2D eigenvalue weighted by Gasteiger charge is -2.11. The first kappa shape index (κ1) is 18.5. The van der Waals surface area contributed by atoms with Crippen molar-refractivity contribution in [3.05, 3.63) is 45.3 Å². The fraction of sp³-hybridized carbons (Fsp3) is 0.368. The summed E-state index contributed by atoms with van der Waals surface area (Å²) < 4.78 is 24.8. The quantitative estimate of drug-likeness (QED) is 0.632. The molecule has 138 valence electrons. The predicted molar refractivity (Wildman–Crippen MR) is 102 cm³/mol. The summed E-state index contributed by atoms with van der Waals surface area (Å²) in [6.45, 7) is 1.77. The highest BCUT2D eigenvalue weighted by Crippen LogP contribution is 2.33. The van der Waals surface area contributed by atoms with Crippen LogP contribution in [0.25, 0.3) is 21.3 Å². The highest BCUT2D eigenvalue weighted by molar-refractivity contribution is 7.17. The molecular weight excluding hydrogens is 355 g/mol. The molecule has 3 aromatic rings. The van der Waals surface area contributed by atoms with Crippen molar-refractivity contribution in [2.75, 3.05) is 27.5 Å². The van der Waals surface area contributed by atoms with E-state index < -0.39 is 6.67 Å². The summed E-state index contributed by atoms with van der Waals surface area (Å²) in [5.41, 5.74) is 2.52. The third-order valence-electron chi connectivity index (χ3n) is 4.32. The van der Waals surface area contributed by atoms with Gasteiger partial charge in [-0.25, -0.2) is 9.37 Å². The predicted octanol–water partition coefficient (Wildman–Crippen LogP) is 3.60. The third-order valence-corrected chi connectivity index (χ3v) is 5.19. The molecule has 2 aromatic heterocycles. The zero-order valence-electron chi connectivity index (χ0n) is 15.0. The van der Waals surface area contributed by atoms with Crippen LogP contribution in [0.1, 0.15) is 11.4 Å². The Kier molecular flexibility index (Phi) is 5.68. The minimum atomic E-state index is -0.617. The number of methoxy groups -OCH3 is 2. The zero-order valence-corrected chi connectivity index (χ0v) is 15.9. The van der Waals surface area contributed by atoms with Crippen molar-refractivity contribution in [3.63, 3.8) is 0 Å². The highest BCUT2D eigenvalue weighted by atomic mass is 32.1. The third kappa shape index (κ3) is 3.37. The maximum absolute atomic E-state index is 13.1. The van der Waals surface area contributed by atoms with Gasteiger partial charge in [-0.05, 0) is 30.2 Å². The lowest BCUT2D eigenvalue weighted by atomic mass is 10.0. The first-order chi connectivity index (χ1) is 12.6. The lowest BCUT2D eigenvalue weighted by molar-refractivity contribution is 0.199. The Bertz CT molecular complexity index is 981. The minimum Gasteiger partial charge on any atom is -0.496 e. The Morgan fingerprint density at radius 1 is 1.31 bits per heavy atom. The maximum Gasteiger partial charge on any atom is 0.262 e. The van der Waals surface area contributed by atoms with E-state index in [0.717, 1.165) is 22.4 Å². The van der Waals surface area contributed by atoms with Crippen molar-refractivity contribution in [2.24, 2.45) is 0 Å². The van der Waals surface area contributed by atoms with Crippen LogP contribution in [0.5, 0.6) is 5.75 Å². The molecule has 0 atom stereocenters. The van der Waals surface area contributed by atoms with Gasteiger partial charge in [0.05, 0.1) is 25.6 Å². The van der Waals surface area contributed by atoms with Gasteiger partial charge in [-0.15, -0.1) is 11.3 Å². The Balaban J connectivity index is 2.18. The number of ether oxygens (including phenoxy) is 2. The number of rotatable bonds is 7. The second kappa shape index (κ2) is 7.97. The number of thiophene rings is 1. The van der Waals surface area contributed by atoms with Crippen molar-refractivity contribution in [1.82, 2.24) is 9.55 Å². The molecule has 5 nitrogen and oxygen atoms in total. The zero-order chi connectivity index (χ0) is 18.7. The lowest BCUT2D eigenvalue weighted by Crippen LogP contribution is -2.26. The van der Waals surface area contributed by atoms with Crippen molar-refractivity contribution in [1.29, 1.82) is 0 Å². The molecule has 0 amide bonds. The molecule has 0 saturated carbocycles. The Morgan fingerprint density at radius 3 is 2.77 bits per heavy atom. The molecule has 0 unspecified atom stereocenters. The van der Waals surface area contributed by atoms with E-state index >= 15 is 0 Å². The standard InChI is InChI=1S/C19H21FN2O3S/c1-12-10-13(4-5-15(12)25-3)14-11-26-18-17(14)19(23)22(8-7-20)16(21-18)6-9-24-2/h4-5,10-11H,6-9H2,1-3H3. The number of benzene rings is 1. The number of aryl methyl sites for hydroxylation is 1. The fourth-order valence-corrected chi connectivity index (χ4v) is 3.98. The molecule has 0 fully saturated rings. The van der Waals surface area contributed by atoms with Gasteiger partial charge < -0.3 is 9.47 Å². The highest BCUT2D eigenvalue weighted by Gasteiger charge is 2.17. The van der Waals surface area contributed by atoms with Crippen LogP contribution in [0.2, 0.25) is 0 Å². The van der Waals surface area contributed by atoms with Gasteiger partial charge in [-0.3, -0.25) is 9.36 Å². The van der Waals surface area contributed by atoms with Gasteiger partial charge >= 0.3 is 0 Å². The number of fused-ring (bicyclic) bond motifs is 1. The second-order valence-electron chi connectivity index (χ2n) is 5.93. The molecule has 0 aliphatic heterocycles. The van der Waals surface area contributed by atoms with Crippen LogP contribution in [0.4, 0.5) is 4.39 Å². The number of nitrogens with zero attached hydrogens (tertiary/aromatic N) is 2. The van der Waals surface area contributed by atoms with Gasteiger partial charge in [-0.1, -0.05) is 6.07 Å². The number of hydrogen-bond acceptors (Lipinski definition) is 5. The van der Waals surface area contributed by atoms with Gasteiger partial charge in [0.25, 0.3) is 5.56 Å². The van der Waals surface area contributed by atoms with Crippen LogP contribution >= 0.6 is 11.3 Å². The maximum atomic E-state index is 13.1. The van der Waals surface area contributed by atoms with Crippen LogP contribution in [-0.4, -0.2) is 37.1 Å². The van der Waals surface area contributed by atoms with Crippen LogP contribution in [0, 0.1) is 6.92 Å². The summed E-state index contributed by atoms with van der Waals surface area (Å²) in [5, 5.41) is 2.47. The molecule has 1 aromatic carbocycles. The van der Waals surface area contributed by atoms with Gasteiger partial charge in [0, 0.05) is 24.5 Å². The molecule has 0 aliphatic carbocycles. The molecule has 0 radical (unpaired) electrons. The van der Waals surface area contributed by atoms with Crippen molar-refractivity contribution < 1.29 is 13.9 Å². The normalized spacial score (nSPS) is 11.2. The van der Waals surface area contributed by atoms with Crippen molar-refractivity contribution >= 4 is 21.6 Å². The Morgan fingerprint density at radius 2 is 2.12 bits per heavy atom. The molecule has 7 heteroatoms. The number of hydrogen-bond donors (Lipinski definition) is 0. The smallest absolute Gasteiger partial charge is 0.262 e. The first-order valence-electron chi connectivity index (χ1n) is 8.31. The van der Waals surface area contributed by atoms with E-state index in [9.17, 15) is 9.18 Å². The first-order valence-corrected chi connectivity index (χ1v) is 9.19. The van der Waals surface area contributed by atoms with Crippen LogP contribution in [0.15, 0.2) is 28.4 Å². The van der Waals surface area contributed by atoms with Gasteiger partial charge in [0.2, 0.25) is 0 Å². The average Bonchev–Trinajstić information content (AvgIpc) is 3.06. The molecule has 2 heterocycles. The summed E-state index contributed by atoms with van der Waals surface area (Å²) in [6.07, 6.45) is 0.469. The molecule has 0 N–H and O–H groups in total. The number of aromatic nitrogens is 2. The molecule has 26 heavy (non-hydrogen) atoms. The summed E-state index contributed by atoms with van der Waals surface area (Å²) in [5.74, 6) is 1.35. The molecular formula is C19H21FN2O3S. The monoisotopic (exact) mass is 376 g/mol. The van der Waals surface area contributed by atoms with Crippen LogP contribution < -0.4 is 10.3 Å². The Labute approximate surface area is 155 Å². The molecule has 0 aliphatic rings. The molecule has 0 saturated heterocycles. The van der Waals surface area contributed by atoms with Crippen molar-refractivity contribution in [3.8, 4) is 16.9 Å². The van der Waals surface area contributed by atoms with E-state index in [4.69, 9.17) is 9.47 Å². The minimum absolute atomic E-state index is 0.00223. The number of alkyl halides is 1. The van der Waals surface area contributed by atoms with E-state index in [1.54, 1.807) is 14.2 Å². The number of halogens is 1. The molecule has 0 bridgehead atoms. The van der Waals surface area contributed by atoms with Gasteiger partial charge in [0.15, 0.2) is 0 Å². The largest absolute Gasteiger partial charge is 0.496 e. The summed E-state index contributed by atoms with van der Waals surface area (Å²) >= 11 is 1.42. The van der Waals surface area contributed by atoms with Crippen molar-refractivity contribution in [2.45, 2.75) is 19.9 Å².